The molecule has 2 rings (SSSR count). The predicted molar refractivity (Wildman–Crippen MR) is 75.9 cm³/mol. The molecule has 0 bridgehead atoms. The molecular weight excluding hydrogens is 258 g/mol. The fourth-order valence-electron chi connectivity index (χ4n) is 1.89. The van der Waals surface area contributed by atoms with Crippen LogP contribution < -0.4 is 5.32 Å². The van der Waals surface area contributed by atoms with Crippen molar-refractivity contribution in [3.05, 3.63) is 30.1 Å². The van der Waals surface area contributed by atoms with Crippen molar-refractivity contribution in [1.29, 1.82) is 0 Å². The third-order valence-electron chi connectivity index (χ3n) is 3.12. The largest absolute Gasteiger partial charge is 0.478 e. The molecule has 0 saturated carbocycles. The molecule has 1 aromatic heterocycles. The number of aromatic carboxylic acids is 1. The number of carboxylic acids is 1. The van der Waals surface area contributed by atoms with E-state index in [0.717, 1.165) is 5.39 Å². The van der Waals surface area contributed by atoms with Gasteiger partial charge < -0.3 is 15.5 Å². The Labute approximate surface area is 116 Å². The molecular formula is C14H17N3O3. The monoisotopic (exact) mass is 275 g/mol. The molecule has 0 spiro atoms. The summed E-state index contributed by atoms with van der Waals surface area (Å²) in [6, 6.07) is 4.74. The minimum Gasteiger partial charge on any atom is -0.478 e. The average molecular weight is 275 g/mol. The smallest absolute Gasteiger partial charge is 0.335 e. The van der Waals surface area contributed by atoms with E-state index in [1.807, 2.05) is 6.92 Å². The summed E-state index contributed by atoms with van der Waals surface area (Å²) in [5, 5.41) is 22.4. The summed E-state index contributed by atoms with van der Waals surface area (Å²) in [6.45, 7) is 2.53. The Bertz CT molecular complexity index is 616. The van der Waals surface area contributed by atoms with Crippen molar-refractivity contribution >= 4 is 22.7 Å². The van der Waals surface area contributed by atoms with E-state index in [9.17, 15) is 9.90 Å². The molecule has 3 N–H and O–H groups in total. The predicted octanol–water partition coefficient (Wildman–Crippen LogP) is 1.90. The quantitative estimate of drug-likeness (QED) is 0.745. The molecule has 6 nitrogen and oxygen atoms in total. The van der Waals surface area contributed by atoms with E-state index in [0.29, 0.717) is 30.7 Å². The lowest BCUT2D eigenvalue weighted by atomic mass is 10.1. The highest BCUT2D eigenvalue weighted by Gasteiger charge is 2.08. The molecule has 1 atom stereocenters. The molecule has 20 heavy (non-hydrogen) atoms. The topological polar surface area (TPSA) is 95.3 Å². The van der Waals surface area contributed by atoms with Crippen LogP contribution >= 0.6 is 0 Å². The molecule has 0 aliphatic carbocycles. The molecule has 0 radical (unpaired) electrons. The molecule has 1 aromatic carbocycles. The van der Waals surface area contributed by atoms with Crippen LogP contribution in [-0.4, -0.2) is 38.8 Å². The van der Waals surface area contributed by atoms with Gasteiger partial charge in [-0.2, -0.15) is 0 Å². The van der Waals surface area contributed by atoms with Gasteiger partial charge in [0.05, 0.1) is 17.2 Å². The number of hydrogen-bond donors (Lipinski definition) is 3. The van der Waals surface area contributed by atoms with Gasteiger partial charge in [-0.05, 0) is 31.0 Å². The van der Waals surface area contributed by atoms with Gasteiger partial charge in [0.25, 0.3) is 0 Å². The standard InChI is InChI=1S/C14H17N3O3/c1-2-10(18)5-6-15-13-11-4-3-9(14(19)20)7-12(11)16-8-17-13/h3-4,7-8,10,18H,2,5-6H2,1H3,(H,19,20)(H,15,16,17). The van der Waals surface area contributed by atoms with Gasteiger partial charge in [-0.1, -0.05) is 6.92 Å². The Morgan fingerprint density at radius 2 is 2.20 bits per heavy atom. The number of aromatic nitrogens is 2. The average Bonchev–Trinajstić information content (AvgIpc) is 2.46. The first-order valence-electron chi connectivity index (χ1n) is 6.51. The first-order chi connectivity index (χ1) is 9.61. The minimum absolute atomic E-state index is 0.198. The Balaban J connectivity index is 2.19. The lowest BCUT2D eigenvalue weighted by Crippen LogP contribution is -2.13. The Hall–Kier alpha value is -2.21. The minimum atomic E-state index is -0.980. The second-order valence-electron chi connectivity index (χ2n) is 4.54. The van der Waals surface area contributed by atoms with E-state index in [4.69, 9.17) is 5.11 Å². The lowest BCUT2D eigenvalue weighted by Gasteiger charge is -2.11. The maximum Gasteiger partial charge on any atom is 0.335 e. The second-order valence-corrected chi connectivity index (χ2v) is 4.54. The van der Waals surface area contributed by atoms with Gasteiger partial charge >= 0.3 is 5.97 Å². The molecule has 0 saturated heterocycles. The van der Waals surface area contributed by atoms with Crippen molar-refractivity contribution in [2.24, 2.45) is 0 Å². The molecule has 2 aromatic rings. The number of aliphatic hydroxyl groups is 1. The van der Waals surface area contributed by atoms with Crippen molar-refractivity contribution in [1.82, 2.24) is 9.97 Å². The maximum atomic E-state index is 10.9. The van der Waals surface area contributed by atoms with Crippen molar-refractivity contribution in [3.63, 3.8) is 0 Å². The third-order valence-corrected chi connectivity index (χ3v) is 3.12. The number of nitrogens with one attached hydrogen (secondary N) is 1. The molecule has 0 aliphatic rings. The van der Waals surface area contributed by atoms with Crippen molar-refractivity contribution in [2.45, 2.75) is 25.9 Å². The van der Waals surface area contributed by atoms with Gasteiger partial charge in [0, 0.05) is 11.9 Å². The first kappa shape index (κ1) is 14.2. The SMILES string of the molecule is CCC(O)CCNc1ncnc2cc(C(=O)O)ccc12. The zero-order chi connectivity index (χ0) is 14.5. The molecule has 0 amide bonds. The van der Waals surface area contributed by atoms with Gasteiger partial charge in [-0.3, -0.25) is 0 Å². The maximum absolute atomic E-state index is 10.9. The van der Waals surface area contributed by atoms with Crippen LogP contribution in [0.15, 0.2) is 24.5 Å². The summed E-state index contributed by atoms with van der Waals surface area (Å²) >= 11 is 0. The number of rotatable bonds is 6. The highest BCUT2D eigenvalue weighted by atomic mass is 16.4. The summed E-state index contributed by atoms with van der Waals surface area (Å²) in [5.74, 6) is -0.332. The number of aliphatic hydroxyl groups excluding tert-OH is 1. The van der Waals surface area contributed by atoms with Crippen LogP contribution in [0.3, 0.4) is 0 Å². The summed E-state index contributed by atoms with van der Waals surface area (Å²) in [7, 11) is 0. The summed E-state index contributed by atoms with van der Waals surface area (Å²) < 4.78 is 0. The number of carbonyl (C=O) groups is 1. The molecule has 106 valence electrons. The van der Waals surface area contributed by atoms with E-state index in [-0.39, 0.29) is 11.7 Å². The fourth-order valence-corrected chi connectivity index (χ4v) is 1.89. The fraction of sp³-hybridized carbons (Fsp3) is 0.357. The van der Waals surface area contributed by atoms with Crippen LogP contribution in [0.1, 0.15) is 30.1 Å². The highest BCUT2D eigenvalue weighted by Crippen LogP contribution is 2.20. The Morgan fingerprint density at radius 3 is 2.90 bits per heavy atom. The number of nitrogens with zero attached hydrogens (tertiary/aromatic N) is 2. The highest BCUT2D eigenvalue weighted by molar-refractivity contribution is 5.96. The van der Waals surface area contributed by atoms with Crippen LogP contribution in [0, 0.1) is 0 Å². The molecule has 6 heteroatoms. The first-order valence-corrected chi connectivity index (χ1v) is 6.51. The zero-order valence-electron chi connectivity index (χ0n) is 11.2. The van der Waals surface area contributed by atoms with Gasteiger partial charge in [0.1, 0.15) is 12.1 Å². The van der Waals surface area contributed by atoms with Gasteiger partial charge in [-0.15, -0.1) is 0 Å². The molecule has 1 unspecified atom stereocenters. The summed E-state index contributed by atoms with van der Waals surface area (Å²) in [6.07, 6.45) is 2.42. The number of anilines is 1. The van der Waals surface area contributed by atoms with Crippen LogP contribution in [0.5, 0.6) is 0 Å². The Kier molecular flexibility index (Phi) is 4.47. The van der Waals surface area contributed by atoms with Gasteiger partial charge in [-0.25, -0.2) is 14.8 Å². The van der Waals surface area contributed by atoms with Gasteiger partial charge in [0.15, 0.2) is 0 Å². The third kappa shape index (κ3) is 3.21. The zero-order valence-corrected chi connectivity index (χ0v) is 11.2. The van der Waals surface area contributed by atoms with E-state index < -0.39 is 5.97 Å². The Morgan fingerprint density at radius 1 is 1.40 bits per heavy atom. The summed E-state index contributed by atoms with van der Waals surface area (Å²) in [4.78, 5) is 19.2. The molecule has 1 heterocycles. The van der Waals surface area contributed by atoms with Crippen LogP contribution in [0.25, 0.3) is 10.9 Å². The van der Waals surface area contributed by atoms with Crippen LogP contribution in [0.4, 0.5) is 5.82 Å². The van der Waals surface area contributed by atoms with Crippen LogP contribution in [0.2, 0.25) is 0 Å². The van der Waals surface area contributed by atoms with E-state index in [2.05, 4.69) is 15.3 Å². The van der Waals surface area contributed by atoms with Crippen LogP contribution in [-0.2, 0) is 0 Å². The van der Waals surface area contributed by atoms with Crippen molar-refractivity contribution < 1.29 is 15.0 Å². The number of carboxylic acid groups (broad SMARTS) is 1. The summed E-state index contributed by atoms with van der Waals surface area (Å²) in [5.41, 5.74) is 0.780. The van der Waals surface area contributed by atoms with E-state index in [1.165, 1.54) is 18.5 Å². The number of benzene rings is 1. The van der Waals surface area contributed by atoms with Crippen molar-refractivity contribution in [3.8, 4) is 0 Å². The second kappa shape index (κ2) is 6.29. The number of fused-ring (bicyclic) bond motifs is 1. The van der Waals surface area contributed by atoms with Gasteiger partial charge in [0.2, 0.25) is 0 Å². The van der Waals surface area contributed by atoms with E-state index >= 15 is 0 Å². The lowest BCUT2D eigenvalue weighted by molar-refractivity contribution is 0.0697. The molecule has 0 fully saturated rings. The normalized spacial score (nSPS) is 12.3. The molecule has 0 aliphatic heterocycles. The number of hydrogen-bond acceptors (Lipinski definition) is 5. The van der Waals surface area contributed by atoms with E-state index in [1.54, 1.807) is 6.07 Å². The van der Waals surface area contributed by atoms with Crippen molar-refractivity contribution in [2.75, 3.05) is 11.9 Å².